The van der Waals surface area contributed by atoms with Crippen LogP contribution in [0.4, 0.5) is 5.82 Å². The molecule has 0 saturated carbocycles. The molecule has 0 spiro atoms. The molecule has 1 fully saturated rings. The van der Waals surface area contributed by atoms with Crippen LogP contribution in [0, 0.1) is 3.57 Å². The van der Waals surface area contributed by atoms with Crippen LogP contribution in [-0.2, 0) is 0 Å². The average Bonchev–Trinajstić information content (AvgIpc) is 3.03. The maximum absolute atomic E-state index is 4.85. The van der Waals surface area contributed by atoms with E-state index in [0.717, 1.165) is 26.5 Å². The first kappa shape index (κ1) is 14.1. The van der Waals surface area contributed by atoms with Crippen LogP contribution in [0.2, 0.25) is 0 Å². The van der Waals surface area contributed by atoms with Crippen LogP contribution >= 0.6 is 34.4 Å². The lowest BCUT2D eigenvalue weighted by atomic mass is 10.1. The number of hydrogen-bond donors (Lipinski definition) is 1. The van der Waals surface area contributed by atoms with Gasteiger partial charge < -0.3 is 5.32 Å². The Morgan fingerprint density at radius 2 is 2.05 bits per heavy atom. The maximum Gasteiger partial charge on any atom is 0.144 e. The highest BCUT2D eigenvalue weighted by atomic mass is 127. The van der Waals surface area contributed by atoms with Crippen molar-refractivity contribution >= 4 is 40.2 Å². The lowest BCUT2D eigenvalue weighted by Gasteiger charge is -2.14. The van der Waals surface area contributed by atoms with Gasteiger partial charge in [-0.25, -0.2) is 9.97 Å². The molecule has 1 aliphatic heterocycles. The Balaban J connectivity index is 2.10. The summed E-state index contributed by atoms with van der Waals surface area (Å²) >= 11 is 4.30. The molecule has 2 heterocycles. The molecule has 1 aromatic heterocycles. The summed E-state index contributed by atoms with van der Waals surface area (Å²) in [4.78, 5) is 9.56. The van der Waals surface area contributed by atoms with Gasteiger partial charge in [0, 0.05) is 12.6 Å². The SMILES string of the molecule is CNc1nc(C2CCCS2)nc(-c2ccccc2)c1I. The zero-order chi connectivity index (χ0) is 13.9. The van der Waals surface area contributed by atoms with E-state index in [4.69, 9.17) is 9.97 Å². The van der Waals surface area contributed by atoms with Gasteiger partial charge in [-0.2, -0.15) is 11.8 Å². The highest BCUT2D eigenvalue weighted by Crippen LogP contribution is 2.40. The molecule has 5 heteroatoms. The molecular formula is C15H16IN3S. The van der Waals surface area contributed by atoms with E-state index in [2.05, 4.69) is 52.2 Å². The number of halogens is 1. The number of thioether (sulfide) groups is 1. The monoisotopic (exact) mass is 397 g/mol. The highest BCUT2D eigenvalue weighted by Gasteiger charge is 2.23. The minimum Gasteiger partial charge on any atom is -0.372 e. The molecular weight excluding hydrogens is 381 g/mol. The third kappa shape index (κ3) is 2.79. The molecule has 0 aliphatic carbocycles. The Kier molecular flexibility index (Phi) is 4.45. The number of nitrogens with one attached hydrogen (secondary N) is 1. The lowest BCUT2D eigenvalue weighted by Crippen LogP contribution is -2.07. The van der Waals surface area contributed by atoms with Crippen molar-refractivity contribution in [1.29, 1.82) is 0 Å². The Bertz CT molecular complexity index is 598. The predicted molar refractivity (Wildman–Crippen MR) is 94.2 cm³/mol. The van der Waals surface area contributed by atoms with Crippen LogP contribution < -0.4 is 5.32 Å². The van der Waals surface area contributed by atoms with Gasteiger partial charge in [0.25, 0.3) is 0 Å². The Labute approximate surface area is 137 Å². The second-order valence-electron chi connectivity index (χ2n) is 4.71. The predicted octanol–water partition coefficient (Wildman–Crippen LogP) is 4.36. The van der Waals surface area contributed by atoms with E-state index in [1.165, 1.54) is 18.6 Å². The maximum atomic E-state index is 4.85. The van der Waals surface area contributed by atoms with Crippen LogP contribution in [0.1, 0.15) is 23.9 Å². The molecule has 1 aromatic carbocycles. The minimum absolute atomic E-state index is 0.446. The summed E-state index contributed by atoms with van der Waals surface area (Å²) in [5, 5.41) is 3.65. The fourth-order valence-electron chi connectivity index (χ4n) is 2.34. The van der Waals surface area contributed by atoms with E-state index in [0.29, 0.717) is 5.25 Å². The third-order valence-corrected chi connectivity index (χ3v) is 5.77. The van der Waals surface area contributed by atoms with Crippen LogP contribution in [0.5, 0.6) is 0 Å². The number of benzene rings is 1. The zero-order valence-electron chi connectivity index (χ0n) is 11.3. The summed E-state index contributed by atoms with van der Waals surface area (Å²) in [6.45, 7) is 0. The number of aromatic nitrogens is 2. The number of nitrogens with zero attached hydrogens (tertiary/aromatic N) is 2. The Morgan fingerprint density at radius 3 is 2.70 bits per heavy atom. The fourth-order valence-corrected chi connectivity index (χ4v) is 4.37. The van der Waals surface area contributed by atoms with Gasteiger partial charge in [0.05, 0.1) is 14.5 Å². The average molecular weight is 397 g/mol. The van der Waals surface area contributed by atoms with Gasteiger partial charge in [-0.1, -0.05) is 30.3 Å². The van der Waals surface area contributed by atoms with Crippen molar-refractivity contribution in [3.63, 3.8) is 0 Å². The number of rotatable bonds is 3. The number of hydrogen-bond acceptors (Lipinski definition) is 4. The van der Waals surface area contributed by atoms with Gasteiger partial charge in [0.1, 0.15) is 11.6 Å². The molecule has 1 saturated heterocycles. The van der Waals surface area contributed by atoms with Gasteiger partial charge in [-0.05, 0) is 41.2 Å². The Hall–Kier alpha value is -0.820. The van der Waals surface area contributed by atoms with E-state index >= 15 is 0 Å². The highest BCUT2D eigenvalue weighted by molar-refractivity contribution is 14.1. The number of anilines is 1. The summed E-state index contributed by atoms with van der Waals surface area (Å²) in [7, 11) is 1.92. The quantitative estimate of drug-likeness (QED) is 0.782. The van der Waals surface area contributed by atoms with Crippen LogP contribution in [0.15, 0.2) is 30.3 Å². The standard InChI is InChI=1S/C15H16IN3S/c1-17-15-12(16)13(10-6-3-2-4-7-10)18-14(19-15)11-8-5-9-20-11/h2-4,6-7,11H,5,8-9H2,1H3,(H,17,18,19). The minimum atomic E-state index is 0.446. The van der Waals surface area contributed by atoms with Crippen molar-refractivity contribution in [2.45, 2.75) is 18.1 Å². The van der Waals surface area contributed by atoms with Crippen molar-refractivity contribution in [3.05, 3.63) is 39.7 Å². The van der Waals surface area contributed by atoms with Gasteiger partial charge in [-0.3, -0.25) is 0 Å². The first-order valence-corrected chi connectivity index (χ1v) is 8.84. The first-order chi connectivity index (χ1) is 9.79. The summed E-state index contributed by atoms with van der Waals surface area (Å²) in [5.41, 5.74) is 2.19. The largest absolute Gasteiger partial charge is 0.372 e. The molecule has 1 N–H and O–H groups in total. The van der Waals surface area contributed by atoms with E-state index in [1.807, 2.05) is 24.9 Å². The zero-order valence-corrected chi connectivity index (χ0v) is 14.2. The first-order valence-electron chi connectivity index (χ1n) is 6.72. The molecule has 3 rings (SSSR count). The molecule has 3 nitrogen and oxygen atoms in total. The fraction of sp³-hybridized carbons (Fsp3) is 0.333. The van der Waals surface area contributed by atoms with Gasteiger partial charge >= 0.3 is 0 Å². The summed E-state index contributed by atoms with van der Waals surface area (Å²) < 4.78 is 1.09. The summed E-state index contributed by atoms with van der Waals surface area (Å²) in [6, 6.07) is 10.3. The van der Waals surface area contributed by atoms with Crippen molar-refractivity contribution < 1.29 is 0 Å². The van der Waals surface area contributed by atoms with Crippen molar-refractivity contribution in [2.75, 3.05) is 18.1 Å². The molecule has 20 heavy (non-hydrogen) atoms. The van der Waals surface area contributed by atoms with Crippen LogP contribution in [-0.4, -0.2) is 22.8 Å². The van der Waals surface area contributed by atoms with Gasteiger partial charge in [-0.15, -0.1) is 0 Å². The molecule has 2 aromatic rings. The normalized spacial score (nSPS) is 18.2. The van der Waals surface area contributed by atoms with Crippen LogP contribution in [0.25, 0.3) is 11.3 Å². The second kappa shape index (κ2) is 6.30. The summed E-state index contributed by atoms with van der Waals surface area (Å²) in [5.74, 6) is 3.12. The third-order valence-electron chi connectivity index (χ3n) is 3.37. The molecule has 1 unspecified atom stereocenters. The van der Waals surface area contributed by atoms with Gasteiger partial charge in [0.2, 0.25) is 0 Å². The molecule has 0 bridgehead atoms. The van der Waals surface area contributed by atoms with Crippen LogP contribution in [0.3, 0.4) is 0 Å². The molecule has 104 valence electrons. The second-order valence-corrected chi connectivity index (χ2v) is 7.10. The topological polar surface area (TPSA) is 37.8 Å². The van der Waals surface area contributed by atoms with E-state index in [-0.39, 0.29) is 0 Å². The van der Waals surface area contributed by atoms with E-state index < -0.39 is 0 Å². The Morgan fingerprint density at radius 1 is 1.25 bits per heavy atom. The molecule has 1 aliphatic rings. The van der Waals surface area contributed by atoms with Crippen molar-refractivity contribution in [3.8, 4) is 11.3 Å². The lowest BCUT2D eigenvalue weighted by molar-refractivity contribution is 0.778. The smallest absolute Gasteiger partial charge is 0.144 e. The van der Waals surface area contributed by atoms with E-state index in [1.54, 1.807) is 0 Å². The molecule has 1 atom stereocenters. The van der Waals surface area contributed by atoms with Crippen molar-refractivity contribution in [2.24, 2.45) is 0 Å². The van der Waals surface area contributed by atoms with Gasteiger partial charge in [0.15, 0.2) is 0 Å². The summed E-state index contributed by atoms with van der Waals surface area (Å²) in [6.07, 6.45) is 2.45. The molecule has 0 radical (unpaired) electrons. The molecule has 0 amide bonds. The van der Waals surface area contributed by atoms with E-state index in [9.17, 15) is 0 Å². The van der Waals surface area contributed by atoms with Crippen molar-refractivity contribution in [1.82, 2.24) is 9.97 Å².